The van der Waals surface area contributed by atoms with Crippen molar-refractivity contribution in [1.82, 2.24) is 10.2 Å². The Kier molecular flexibility index (Phi) is 5.07. The zero-order chi connectivity index (χ0) is 22.1. The molecule has 0 aliphatic carbocycles. The number of fused-ring (bicyclic) bond motifs is 1. The molecule has 1 amide bonds. The summed E-state index contributed by atoms with van der Waals surface area (Å²) in [5, 5.41) is 11.5. The Morgan fingerprint density at radius 2 is 1.69 bits per heavy atom. The summed E-state index contributed by atoms with van der Waals surface area (Å²) in [5.74, 6) is 0.736. The van der Waals surface area contributed by atoms with Crippen LogP contribution < -0.4 is 20.5 Å². The van der Waals surface area contributed by atoms with E-state index < -0.39 is 0 Å². The first-order valence-corrected chi connectivity index (χ1v) is 10.4. The Bertz CT molecular complexity index is 1350. The average Bonchev–Trinajstić information content (AvgIpc) is 3.20. The van der Waals surface area contributed by atoms with Crippen LogP contribution in [0.15, 0.2) is 77.6 Å². The van der Waals surface area contributed by atoms with E-state index in [4.69, 9.17) is 4.74 Å². The summed E-state index contributed by atoms with van der Waals surface area (Å²) in [7, 11) is 1.62. The highest BCUT2D eigenvalue weighted by Gasteiger charge is 2.33. The molecule has 0 saturated carbocycles. The molecule has 160 valence electrons. The fourth-order valence-corrected chi connectivity index (χ4v) is 4.16. The number of amides is 1. The van der Waals surface area contributed by atoms with Crippen molar-refractivity contribution < 1.29 is 9.53 Å². The molecule has 0 spiro atoms. The van der Waals surface area contributed by atoms with Gasteiger partial charge in [-0.2, -0.15) is 5.10 Å². The van der Waals surface area contributed by atoms with E-state index in [1.165, 1.54) is 0 Å². The largest absolute Gasteiger partial charge is 0.495 e. The van der Waals surface area contributed by atoms with Crippen LogP contribution >= 0.6 is 0 Å². The molecule has 4 aromatic rings. The maximum Gasteiger partial charge on any atom is 0.272 e. The Labute approximate surface area is 184 Å². The van der Waals surface area contributed by atoms with Crippen molar-refractivity contribution in [1.29, 1.82) is 0 Å². The quantitative estimate of drug-likeness (QED) is 0.507. The van der Waals surface area contributed by atoms with Gasteiger partial charge >= 0.3 is 0 Å². The van der Waals surface area contributed by atoms with Crippen molar-refractivity contribution in [3.8, 4) is 17.0 Å². The number of methoxy groups -OCH3 is 1. The second-order valence-electron chi connectivity index (χ2n) is 7.67. The molecule has 1 unspecified atom stereocenters. The van der Waals surface area contributed by atoms with E-state index in [0.29, 0.717) is 29.8 Å². The molecule has 0 bridgehead atoms. The number of benzene rings is 3. The van der Waals surface area contributed by atoms with E-state index >= 15 is 0 Å². The second-order valence-corrected chi connectivity index (χ2v) is 7.67. The third kappa shape index (κ3) is 3.47. The predicted octanol–water partition coefficient (Wildman–Crippen LogP) is 3.82. The van der Waals surface area contributed by atoms with E-state index in [2.05, 4.69) is 15.5 Å². The van der Waals surface area contributed by atoms with E-state index in [0.717, 1.165) is 22.3 Å². The lowest BCUT2D eigenvalue weighted by Crippen LogP contribution is -2.33. The summed E-state index contributed by atoms with van der Waals surface area (Å²) in [6, 6.07) is 22.4. The lowest BCUT2D eigenvalue weighted by molar-refractivity contribution is -0.117. The molecule has 7 nitrogen and oxygen atoms in total. The number of hydrogen-bond acceptors (Lipinski definition) is 5. The van der Waals surface area contributed by atoms with Crippen molar-refractivity contribution in [3.63, 3.8) is 0 Å². The molecule has 1 aromatic heterocycles. The second kappa shape index (κ2) is 8.19. The van der Waals surface area contributed by atoms with E-state index in [1.807, 2.05) is 66.7 Å². The molecule has 1 aliphatic heterocycles. The first kappa shape index (κ1) is 19.8. The highest BCUT2D eigenvalue weighted by molar-refractivity contribution is 6.01. The van der Waals surface area contributed by atoms with Crippen LogP contribution in [0.2, 0.25) is 0 Å². The van der Waals surface area contributed by atoms with Gasteiger partial charge in [0, 0.05) is 23.2 Å². The summed E-state index contributed by atoms with van der Waals surface area (Å²) in [5.41, 5.74) is 3.00. The minimum atomic E-state index is -0.309. The van der Waals surface area contributed by atoms with Crippen LogP contribution in [0.4, 0.5) is 11.4 Å². The zero-order valence-electron chi connectivity index (χ0n) is 17.5. The van der Waals surface area contributed by atoms with E-state index in [9.17, 15) is 9.59 Å². The molecule has 3 aromatic carbocycles. The molecule has 7 heteroatoms. The first-order chi connectivity index (χ1) is 15.7. The molecule has 1 atom stereocenters. The van der Waals surface area contributed by atoms with Crippen molar-refractivity contribution in [2.75, 3.05) is 23.9 Å². The lowest BCUT2D eigenvalue weighted by atomic mass is 10.0. The highest BCUT2D eigenvalue weighted by atomic mass is 16.5. The van der Waals surface area contributed by atoms with Crippen LogP contribution in [-0.4, -0.2) is 35.8 Å². The van der Waals surface area contributed by atoms with Crippen LogP contribution in [0.5, 0.6) is 5.75 Å². The normalized spacial score (nSPS) is 15.8. The Hall–Kier alpha value is -4.13. The molecule has 2 N–H and O–H groups in total. The van der Waals surface area contributed by atoms with Gasteiger partial charge in [-0.3, -0.25) is 9.59 Å². The number of aromatic nitrogens is 2. The number of carbonyl (C=O) groups is 1. The number of carbonyl (C=O) groups excluding carboxylic acids is 1. The predicted molar refractivity (Wildman–Crippen MR) is 125 cm³/mol. The maximum atomic E-state index is 13.0. The third-order valence-electron chi connectivity index (χ3n) is 5.79. The number of H-pyrrole nitrogens is 1. The fourth-order valence-electron chi connectivity index (χ4n) is 4.16. The Morgan fingerprint density at radius 3 is 2.47 bits per heavy atom. The van der Waals surface area contributed by atoms with Crippen LogP contribution in [0.3, 0.4) is 0 Å². The number of aromatic amines is 1. The average molecular weight is 426 g/mol. The monoisotopic (exact) mass is 426 g/mol. The number of nitrogens with one attached hydrogen (secondary N) is 2. The van der Waals surface area contributed by atoms with Crippen LogP contribution in [0.1, 0.15) is 6.42 Å². The minimum Gasteiger partial charge on any atom is -0.495 e. The van der Waals surface area contributed by atoms with Crippen molar-refractivity contribution in [2.45, 2.75) is 12.5 Å². The number of anilines is 2. The molecule has 1 aliphatic rings. The number of nitrogens with zero attached hydrogens (tertiary/aromatic N) is 2. The molecule has 1 fully saturated rings. The maximum absolute atomic E-state index is 13.0. The Morgan fingerprint density at radius 1 is 0.969 bits per heavy atom. The smallest absolute Gasteiger partial charge is 0.272 e. The summed E-state index contributed by atoms with van der Waals surface area (Å²) < 4.78 is 5.38. The minimum absolute atomic E-state index is 0.0243. The molecular formula is C25H22N4O3. The van der Waals surface area contributed by atoms with Gasteiger partial charge < -0.3 is 15.0 Å². The number of hydrogen-bond donors (Lipinski definition) is 2. The van der Waals surface area contributed by atoms with Gasteiger partial charge in [-0.1, -0.05) is 42.5 Å². The SMILES string of the molecule is COc1ccccc1NC1CCN(c2ccc(-c3n[nH]c(=O)c4ccccc34)cc2)C1=O. The summed E-state index contributed by atoms with van der Waals surface area (Å²) in [6.45, 7) is 0.630. The molecular weight excluding hydrogens is 404 g/mol. The first-order valence-electron chi connectivity index (χ1n) is 10.4. The van der Waals surface area contributed by atoms with Gasteiger partial charge in [-0.25, -0.2) is 5.10 Å². The molecule has 2 heterocycles. The van der Waals surface area contributed by atoms with Gasteiger partial charge in [0.1, 0.15) is 11.8 Å². The molecule has 32 heavy (non-hydrogen) atoms. The molecule has 0 radical (unpaired) electrons. The van der Waals surface area contributed by atoms with Crippen molar-refractivity contribution in [3.05, 3.63) is 83.2 Å². The lowest BCUT2D eigenvalue weighted by Gasteiger charge is -2.19. The number of ether oxygens (including phenoxy) is 1. The van der Waals surface area contributed by atoms with Gasteiger partial charge in [0.25, 0.3) is 5.56 Å². The number of rotatable bonds is 5. The van der Waals surface area contributed by atoms with Gasteiger partial charge in [0.15, 0.2) is 0 Å². The van der Waals surface area contributed by atoms with Gasteiger partial charge in [-0.05, 0) is 36.8 Å². The van der Waals surface area contributed by atoms with Crippen LogP contribution in [0, 0.1) is 0 Å². The van der Waals surface area contributed by atoms with Crippen molar-refractivity contribution >= 4 is 28.1 Å². The Balaban J connectivity index is 1.38. The molecule has 5 rings (SSSR count). The van der Waals surface area contributed by atoms with Crippen molar-refractivity contribution in [2.24, 2.45) is 0 Å². The van der Waals surface area contributed by atoms with E-state index in [1.54, 1.807) is 18.1 Å². The van der Waals surface area contributed by atoms with E-state index in [-0.39, 0.29) is 17.5 Å². The fraction of sp³-hybridized carbons (Fsp3) is 0.160. The summed E-state index contributed by atoms with van der Waals surface area (Å²) >= 11 is 0. The van der Waals surface area contributed by atoms with Gasteiger partial charge in [0.05, 0.1) is 23.9 Å². The van der Waals surface area contributed by atoms with Gasteiger partial charge in [0.2, 0.25) is 5.91 Å². The van der Waals surface area contributed by atoms with Crippen LogP contribution in [-0.2, 0) is 4.79 Å². The standard InChI is InChI=1S/C25H22N4O3/c1-32-22-9-5-4-8-20(22)26-21-14-15-29(25(21)31)17-12-10-16(11-13-17)23-18-6-2-3-7-19(18)24(30)28-27-23/h2-13,21,26H,14-15H2,1H3,(H,28,30). The zero-order valence-corrected chi connectivity index (χ0v) is 17.5. The topological polar surface area (TPSA) is 87.3 Å². The van der Waals surface area contributed by atoms with Gasteiger partial charge in [-0.15, -0.1) is 0 Å². The third-order valence-corrected chi connectivity index (χ3v) is 5.79. The molecule has 1 saturated heterocycles. The summed E-state index contributed by atoms with van der Waals surface area (Å²) in [6.07, 6.45) is 0.699. The highest BCUT2D eigenvalue weighted by Crippen LogP contribution is 2.30. The number of para-hydroxylation sites is 2. The van der Waals surface area contributed by atoms with Crippen LogP contribution in [0.25, 0.3) is 22.0 Å². The summed E-state index contributed by atoms with van der Waals surface area (Å²) in [4.78, 5) is 26.9.